The van der Waals surface area contributed by atoms with Gasteiger partial charge in [-0.15, -0.1) is 0 Å². The summed E-state index contributed by atoms with van der Waals surface area (Å²) in [7, 11) is 0. The average Bonchev–Trinajstić information content (AvgIpc) is 3.18. The van der Waals surface area contributed by atoms with Crippen LogP contribution in [0, 0.1) is 0 Å². The quantitative estimate of drug-likeness (QED) is 0.721. The van der Waals surface area contributed by atoms with Gasteiger partial charge in [0.05, 0.1) is 12.7 Å². The highest BCUT2D eigenvalue weighted by atomic mass is 16.5. The SMILES string of the molecule is CCCOc1ccccc1CNc1cccc(OCC2CCCO2)c1. The summed E-state index contributed by atoms with van der Waals surface area (Å²) in [4.78, 5) is 0. The molecule has 0 bridgehead atoms. The van der Waals surface area contributed by atoms with Crippen LogP contribution in [0.1, 0.15) is 31.7 Å². The number of ether oxygens (including phenoxy) is 3. The van der Waals surface area contributed by atoms with E-state index in [9.17, 15) is 0 Å². The van der Waals surface area contributed by atoms with Gasteiger partial charge >= 0.3 is 0 Å². The van der Waals surface area contributed by atoms with Gasteiger partial charge in [0.2, 0.25) is 0 Å². The number of benzene rings is 2. The second-order valence-electron chi connectivity index (χ2n) is 6.28. The lowest BCUT2D eigenvalue weighted by molar-refractivity contribution is 0.0680. The van der Waals surface area contributed by atoms with Gasteiger partial charge in [0.1, 0.15) is 18.1 Å². The lowest BCUT2D eigenvalue weighted by Gasteiger charge is -2.14. The monoisotopic (exact) mass is 341 g/mol. The van der Waals surface area contributed by atoms with Crippen molar-refractivity contribution in [2.24, 2.45) is 0 Å². The van der Waals surface area contributed by atoms with Gasteiger partial charge in [0.15, 0.2) is 0 Å². The molecule has 1 unspecified atom stereocenters. The van der Waals surface area contributed by atoms with E-state index in [0.29, 0.717) is 6.61 Å². The van der Waals surface area contributed by atoms with Crippen molar-refractivity contribution >= 4 is 5.69 Å². The highest BCUT2D eigenvalue weighted by molar-refractivity contribution is 5.49. The molecule has 1 fully saturated rings. The molecule has 0 amide bonds. The molecular weight excluding hydrogens is 314 g/mol. The zero-order valence-corrected chi connectivity index (χ0v) is 14.9. The first-order valence-electron chi connectivity index (χ1n) is 9.14. The van der Waals surface area contributed by atoms with Gasteiger partial charge in [-0.05, 0) is 37.5 Å². The Kier molecular flexibility index (Phi) is 6.57. The summed E-state index contributed by atoms with van der Waals surface area (Å²) in [5.41, 5.74) is 2.19. The highest BCUT2D eigenvalue weighted by Gasteiger charge is 2.15. The average molecular weight is 341 g/mol. The molecule has 134 valence electrons. The predicted molar refractivity (Wildman–Crippen MR) is 100 cm³/mol. The fourth-order valence-electron chi connectivity index (χ4n) is 2.86. The molecule has 1 atom stereocenters. The summed E-state index contributed by atoms with van der Waals surface area (Å²) in [6, 6.07) is 16.2. The normalized spacial score (nSPS) is 16.6. The number of rotatable bonds is 9. The third kappa shape index (κ3) is 5.40. The van der Waals surface area contributed by atoms with Gasteiger partial charge in [0, 0.05) is 30.5 Å². The second-order valence-corrected chi connectivity index (χ2v) is 6.28. The van der Waals surface area contributed by atoms with Gasteiger partial charge in [-0.3, -0.25) is 0 Å². The molecule has 1 heterocycles. The third-order valence-electron chi connectivity index (χ3n) is 4.21. The Labute approximate surface area is 150 Å². The first-order chi connectivity index (χ1) is 12.3. The largest absolute Gasteiger partial charge is 0.493 e. The fraction of sp³-hybridized carbons (Fsp3) is 0.429. The first kappa shape index (κ1) is 17.6. The Morgan fingerprint density at radius 1 is 1.12 bits per heavy atom. The molecule has 0 radical (unpaired) electrons. The van der Waals surface area contributed by atoms with Crippen LogP contribution in [0.5, 0.6) is 11.5 Å². The van der Waals surface area contributed by atoms with Crippen molar-refractivity contribution < 1.29 is 14.2 Å². The highest BCUT2D eigenvalue weighted by Crippen LogP contribution is 2.23. The molecule has 25 heavy (non-hydrogen) atoms. The number of nitrogens with one attached hydrogen (secondary N) is 1. The smallest absolute Gasteiger partial charge is 0.124 e. The van der Waals surface area contributed by atoms with E-state index in [0.717, 1.165) is 61.8 Å². The topological polar surface area (TPSA) is 39.7 Å². The minimum atomic E-state index is 0.235. The number of hydrogen-bond acceptors (Lipinski definition) is 4. The van der Waals surface area contributed by atoms with Gasteiger partial charge < -0.3 is 19.5 Å². The fourth-order valence-corrected chi connectivity index (χ4v) is 2.86. The van der Waals surface area contributed by atoms with Crippen LogP contribution >= 0.6 is 0 Å². The number of anilines is 1. The van der Waals surface area contributed by atoms with E-state index in [4.69, 9.17) is 14.2 Å². The van der Waals surface area contributed by atoms with Crippen molar-refractivity contribution in [2.75, 3.05) is 25.1 Å². The molecule has 4 heteroatoms. The summed E-state index contributed by atoms with van der Waals surface area (Å²) < 4.78 is 17.3. The zero-order chi connectivity index (χ0) is 17.3. The van der Waals surface area contributed by atoms with E-state index in [-0.39, 0.29) is 6.10 Å². The summed E-state index contributed by atoms with van der Waals surface area (Å²) in [5.74, 6) is 1.82. The Morgan fingerprint density at radius 3 is 2.88 bits per heavy atom. The standard InChI is InChI=1S/C21H27NO3/c1-2-12-24-21-11-4-3-7-17(21)15-22-18-8-5-9-19(14-18)25-16-20-10-6-13-23-20/h3-5,7-9,11,14,20,22H,2,6,10,12-13,15-16H2,1H3. The Balaban J connectivity index is 1.55. The van der Waals surface area contributed by atoms with E-state index in [1.54, 1.807) is 0 Å². The van der Waals surface area contributed by atoms with Crippen LogP contribution in [-0.2, 0) is 11.3 Å². The second kappa shape index (κ2) is 9.33. The minimum Gasteiger partial charge on any atom is -0.493 e. The number of hydrogen-bond donors (Lipinski definition) is 1. The maximum absolute atomic E-state index is 5.87. The predicted octanol–water partition coefficient (Wildman–Crippen LogP) is 4.65. The molecule has 1 saturated heterocycles. The van der Waals surface area contributed by atoms with Crippen molar-refractivity contribution in [3.05, 3.63) is 54.1 Å². The van der Waals surface area contributed by atoms with Crippen LogP contribution in [0.15, 0.2) is 48.5 Å². The summed E-state index contributed by atoms with van der Waals surface area (Å²) in [5, 5.41) is 3.45. The van der Waals surface area contributed by atoms with Crippen LogP contribution < -0.4 is 14.8 Å². The van der Waals surface area contributed by atoms with Crippen molar-refractivity contribution in [1.82, 2.24) is 0 Å². The molecule has 0 saturated carbocycles. The summed E-state index contributed by atoms with van der Waals surface area (Å²) in [6.07, 6.45) is 3.47. The van der Waals surface area contributed by atoms with E-state index in [1.165, 1.54) is 0 Å². The minimum absolute atomic E-state index is 0.235. The van der Waals surface area contributed by atoms with Crippen molar-refractivity contribution in [3.8, 4) is 11.5 Å². The molecule has 4 nitrogen and oxygen atoms in total. The zero-order valence-electron chi connectivity index (χ0n) is 14.9. The molecule has 3 rings (SSSR count). The van der Waals surface area contributed by atoms with Crippen LogP contribution in [-0.4, -0.2) is 25.9 Å². The Hall–Kier alpha value is -2.20. The molecule has 1 aliphatic rings. The van der Waals surface area contributed by atoms with Crippen LogP contribution in [0.3, 0.4) is 0 Å². The van der Waals surface area contributed by atoms with Gasteiger partial charge in [-0.2, -0.15) is 0 Å². The molecule has 2 aromatic carbocycles. The van der Waals surface area contributed by atoms with Crippen LogP contribution in [0.2, 0.25) is 0 Å². The molecule has 1 N–H and O–H groups in total. The summed E-state index contributed by atoms with van der Waals surface area (Å²) >= 11 is 0. The van der Waals surface area contributed by atoms with Crippen molar-refractivity contribution in [2.45, 2.75) is 38.8 Å². The number of para-hydroxylation sites is 1. The van der Waals surface area contributed by atoms with Gasteiger partial charge in [-0.1, -0.05) is 31.2 Å². The van der Waals surface area contributed by atoms with Crippen molar-refractivity contribution in [1.29, 1.82) is 0 Å². The van der Waals surface area contributed by atoms with Crippen molar-refractivity contribution in [3.63, 3.8) is 0 Å². The molecule has 0 aliphatic carbocycles. The Bertz CT molecular complexity index is 653. The van der Waals surface area contributed by atoms with E-state index in [1.807, 2.05) is 36.4 Å². The molecule has 2 aromatic rings. The van der Waals surface area contributed by atoms with E-state index >= 15 is 0 Å². The maximum Gasteiger partial charge on any atom is 0.124 e. The molecule has 1 aliphatic heterocycles. The Morgan fingerprint density at radius 2 is 2.04 bits per heavy atom. The van der Waals surface area contributed by atoms with E-state index < -0.39 is 0 Å². The van der Waals surface area contributed by atoms with E-state index in [2.05, 4.69) is 24.4 Å². The van der Waals surface area contributed by atoms with Gasteiger partial charge in [0.25, 0.3) is 0 Å². The molecule has 0 aromatic heterocycles. The van der Waals surface area contributed by atoms with Gasteiger partial charge in [-0.25, -0.2) is 0 Å². The van der Waals surface area contributed by atoms with Crippen LogP contribution in [0.25, 0.3) is 0 Å². The maximum atomic E-state index is 5.87. The third-order valence-corrected chi connectivity index (χ3v) is 4.21. The summed E-state index contributed by atoms with van der Waals surface area (Å²) in [6.45, 7) is 5.05. The first-order valence-corrected chi connectivity index (χ1v) is 9.14. The molecular formula is C21H27NO3. The van der Waals surface area contributed by atoms with Crippen LogP contribution in [0.4, 0.5) is 5.69 Å². The lowest BCUT2D eigenvalue weighted by Crippen LogP contribution is -2.16. The lowest BCUT2D eigenvalue weighted by atomic mass is 10.2. The molecule has 0 spiro atoms.